The first-order chi connectivity index (χ1) is 8.01. The molecule has 17 heavy (non-hydrogen) atoms. The first-order valence-corrected chi connectivity index (χ1v) is 6.00. The highest BCUT2D eigenvalue weighted by Gasteiger charge is 2.09. The number of benzene rings is 1. The number of nitrogens with one attached hydrogen (secondary N) is 1. The molecule has 0 aliphatic carbocycles. The fraction of sp³-hybridized carbons (Fsp3) is 0.467. The van der Waals surface area contributed by atoms with Gasteiger partial charge in [-0.25, -0.2) is 0 Å². The highest BCUT2D eigenvalue weighted by molar-refractivity contribution is 5.53. The van der Waals surface area contributed by atoms with Crippen molar-refractivity contribution in [1.82, 2.24) is 5.32 Å². The Morgan fingerprint density at radius 3 is 2.41 bits per heavy atom. The van der Waals surface area contributed by atoms with Gasteiger partial charge < -0.3 is 10.1 Å². The van der Waals surface area contributed by atoms with Crippen LogP contribution in [0.15, 0.2) is 35.9 Å². The summed E-state index contributed by atoms with van der Waals surface area (Å²) in [6.45, 7) is 8.02. The molecule has 0 aliphatic rings. The monoisotopic (exact) mass is 233 g/mol. The van der Waals surface area contributed by atoms with Crippen molar-refractivity contribution in [3.8, 4) is 0 Å². The van der Waals surface area contributed by atoms with Crippen molar-refractivity contribution >= 4 is 6.08 Å². The molecule has 0 saturated carbocycles. The lowest BCUT2D eigenvalue weighted by atomic mass is 10.1. The van der Waals surface area contributed by atoms with E-state index in [1.54, 1.807) is 7.11 Å². The molecule has 0 bridgehead atoms. The Kier molecular flexibility index (Phi) is 5.39. The highest BCUT2D eigenvalue weighted by atomic mass is 16.5. The standard InChI is InChI=1S/C15H23NO/c1-15(2,3)16-11-14(12-17-4)10-13-8-6-5-7-9-13/h5-10,16H,11-12H2,1-4H3/b14-10-. The van der Waals surface area contributed by atoms with Gasteiger partial charge in [0, 0.05) is 19.2 Å². The fourth-order valence-corrected chi connectivity index (χ4v) is 1.49. The van der Waals surface area contributed by atoms with Crippen molar-refractivity contribution in [2.75, 3.05) is 20.3 Å². The van der Waals surface area contributed by atoms with E-state index in [-0.39, 0.29) is 5.54 Å². The van der Waals surface area contributed by atoms with E-state index in [1.807, 2.05) is 18.2 Å². The van der Waals surface area contributed by atoms with E-state index in [2.05, 4.69) is 44.3 Å². The second-order valence-corrected chi connectivity index (χ2v) is 5.25. The van der Waals surface area contributed by atoms with E-state index in [1.165, 1.54) is 11.1 Å². The molecule has 2 heteroatoms. The van der Waals surface area contributed by atoms with Crippen molar-refractivity contribution < 1.29 is 4.74 Å². The summed E-state index contributed by atoms with van der Waals surface area (Å²) in [5.74, 6) is 0. The van der Waals surface area contributed by atoms with Gasteiger partial charge >= 0.3 is 0 Å². The molecule has 0 heterocycles. The highest BCUT2D eigenvalue weighted by Crippen LogP contribution is 2.08. The van der Waals surface area contributed by atoms with Crippen LogP contribution in [0.1, 0.15) is 26.3 Å². The molecule has 2 nitrogen and oxygen atoms in total. The number of hydrogen-bond donors (Lipinski definition) is 1. The third kappa shape index (κ3) is 6.25. The predicted octanol–water partition coefficient (Wildman–Crippen LogP) is 3.10. The van der Waals surface area contributed by atoms with Crippen LogP contribution in [0.5, 0.6) is 0 Å². The summed E-state index contributed by atoms with van der Waals surface area (Å²) < 4.78 is 5.23. The van der Waals surface area contributed by atoms with Gasteiger partial charge in [0.05, 0.1) is 6.61 Å². The van der Waals surface area contributed by atoms with Crippen LogP contribution < -0.4 is 5.32 Å². The van der Waals surface area contributed by atoms with Crippen molar-refractivity contribution in [3.05, 3.63) is 41.5 Å². The molecule has 94 valence electrons. The zero-order valence-corrected chi connectivity index (χ0v) is 11.3. The number of methoxy groups -OCH3 is 1. The lowest BCUT2D eigenvalue weighted by molar-refractivity contribution is 0.223. The fourth-order valence-electron chi connectivity index (χ4n) is 1.49. The zero-order valence-electron chi connectivity index (χ0n) is 11.3. The third-order valence-electron chi connectivity index (χ3n) is 2.35. The Bertz CT molecular complexity index is 349. The molecule has 0 spiro atoms. The maximum atomic E-state index is 5.23. The molecule has 0 aromatic heterocycles. The molecular formula is C15H23NO. The third-order valence-corrected chi connectivity index (χ3v) is 2.35. The van der Waals surface area contributed by atoms with Gasteiger partial charge in [-0.1, -0.05) is 36.4 Å². The molecule has 1 N–H and O–H groups in total. The van der Waals surface area contributed by atoms with E-state index >= 15 is 0 Å². The van der Waals surface area contributed by atoms with Crippen molar-refractivity contribution in [2.45, 2.75) is 26.3 Å². The maximum Gasteiger partial charge on any atom is 0.0688 e. The topological polar surface area (TPSA) is 21.3 Å². The van der Waals surface area contributed by atoms with Gasteiger partial charge in [-0.05, 0) is 31.9 Å². The molecule has 0 amide bonds. The average molecular weight is 233 g/mol. The second-order valence-electron chi connectivity index (χ2n) is 5.25. The van der Waals surface area contributed by atoms with Crippen LogP contribution in [0.2, 0.25) is 0 Å². The molecule has 1 rings (SSSR count). The lowest BCUT2D eigenvalue weighted by Gasteiger charge is -2.21. The Labute approximate surface area is 105 Å². The first-order valence-electron chi connectivity index (χ1n) is 6.00. The van der Waals surface area contributed by atoms with Gasteiger partial charge in [-0.15, -0.1) is 0 Å². The van der Waals surface area contributed by atoms with E-state index in [9.17, 15) is 0 Å². The van der Waals surface area contributed by atoms with Crippen LogP contribution in [0.3, 0.4) is 0 Å². The van der Waals surface area contributed by atoms with Crippen LogP contribution in [-0.2, 0) is 4.74 Å². The number of ether oxygens (including phenoxy) is 1. The minimum absolute atomic E-state index is 0.128. The first kappa shape index (κ1) is 13.9. The minimum atomic E-state index is 0.128. The molecule has 1 aromatic rings. The molecule has 0 radical (unpaired) electrons. The van der Waals surface area contributed by atoms with Crippen molar-refractivity contribution in [3.63, 3.8) is 0 Å². The number of hydrogen-bond acceptors (Lipinski definition) is 2. The Balaban J connectivity index is 2.68. The predicted molar refractivity (Wildman–Crippen MR) is 74.1 cm³/mol. The molecule has 0 saturated heterocycles. The van der Waals surface area contributed by atoms with Crippen LogP contribution in [0.4, 0.5) is 0 Å². The van der Waals surface area contributed by atoms with Gasteiger partial charge in [0.2, 0.25) is 0 Å². The van der Waals surface area contributed by atoms with Crippen LogP contribution in [0, 0.1) is 0 Å². The summed E-state index contributed by atoms with van der Waals surface area (Å²) in [6.07, 6.45) is 2.18. The average Bonchev–Trinajstić information content (AvgIpc) is 2.27. The van der Waals surface area contributed by atoms with Gasteiger partial charge in [-0.3, -0.25) is 0 Å². The molecule has 0 unspecified atom stereocenters. The molecular weight excluding hydrogens is 210 g/mol. The van der Waals surface area contributed by atoms with E-state index in [0.29, 0.717) is 6.61 Å². The minimum Gasteiger partial charge on any atom is -0.380 e. The van der Waals surface area contributed by atoms with E-state index in [4.69, 9.17) is 4.74 Å². The molecule has 1 aromatic carbocycles. The zero-order chi connectivity index (χ0) is 12.7. The summed E-state index contributed by atoms with van der Waals surface area (Å²) in [5.41, 5.74) is 2.60. The SMILES string of the molecule is COC/C(=C\c1ccccc1)CNC(C)(C)C. The quantitative estimate of drug-likeness (QED) is 0.843. The van der Waals surface area contributed by atoms with E-state index < -0.39 is 0 Å². The Morgan fingerprint density at radius 2 is 1.88 bits per heavy atom. The van der Waals surface area contributed by atoms with Crippen LogP contribution in [0.25, 0.3) is 6.08 Å². The van der Waals surface area contributed by atoms with E-state index in [0.717, 1.165) is 6.54 Å². The second kappa shape index (κ2) is 6.58. The summed E-state index contributed by atoms with van der Waals surface area (Å²) in [5, 5.41) is 3.48. The number of rotatable bonds is 5. The van der Waals surface area contributed by atoms with Crippen LogP contribution >= 0.6 is 0 Å². The van der Waals surface area contributed by atoms with Crippen LogP contribution in [-0.4, -0.2) is 25.8 Å². The smallest absolute Gasteiger partial charge is 0.0688 e. The summed E-state index contributed by atoms with van der Waals surface area (Å²) in [4.78, 5) is 0. The largest absolute Gasteiger partial charge is 0.380 e. The molecule has 0 atom stereocenters. The summed E-state index contributed by atoms with van der Waals surface area (Å²) in [7, 11) is 1.73. The maximum absolute atomic E-state index is 5.23. The van der Waals surface area contributed by atoms with Crippen molar-refractivity contribution in [1.29, 1.82) is 0 Å². The molecule has 0 aliphatic heterocycles. The summed E-state index contributed by atoms with van der Waals surface area (Å²) >= 11 is 0. The Hall–Kier alpha value is -1.12. The van der Waals surface area contributed by atoms with Gasteiger partial charge in [0.1, 0.15) is 0 Å². The summed E-state index contributed by atoms with van der Waals surface area (Å²) in [6, 6.07) is 10.3. The van der Waals surface area contributed by atoms with Gasteiger partial charge in [0.25, 0.3) is 0 Å². The normalized spacial score (nSPS) is 12.8. The Morgan fingerprint density at radius 1 is 1.24 bits per heavy atom. The molecule has 0 fully saturated rings. The van der Waals surface area contributed by atoms with Gasteiger partial charge in [0.15, 0.2) is 0 Å². The van der Waals surface area contributed by atoms with Crippen molar-refractivity contribution in [2.24, 2.45) is 0 Å². The van der Waals surface area contributed by atoms with Gasteiger partial charge in [-0.2, -0.15) is 0 Å². The lowest BCUT2D eigenvalue weighted by Crippen LogP contribution is -2.37.